The van der Waals surface area contributed by atoms with Gasteiger partial charge in [0.05, 0.1) is 6.26 Å². The molecule has 0 aliphatic carbocycles. The Morgan fingerprint density at radius 1 is 1.50 bits per heavy atom. The van der Waals surface area contributed by atoms with Crippen molar-refractivity contribution in [3.8, 4) is 0 Å². The van der Waals surface area contributed by atoms with Crippen LogP contribution in [0.25, 0.3) is 6.08 Å². The van der Waals surface area contributed by atoms with Gasteiger partial charge >= 0.3 is 0 Å². The lowest BCUT2D eigenvalue weighted by Gasteiger charge is -2.02. The molecular formula is C13H15N3O2. The minimum absolute atomic E-state index is 0.119. The Hall–Kier alpha value is -2.30. The molecule has 0 saturated heterocycles. The number of hydrogen-bond acceptors (Lipinski definition) is 3. The second-order valence-corrected chi connectivity index (χ2v) is 3.76. The molecule has 0 bridgehead atoms. The molecule has 2 aromatic heterocycles. The average molecular weight is 245 g/mol. The summed E-state index contributed by atoms with van der Waals surface area (Å²) in [6, 6.07) is 5.45. The number of aromatic nitrogens is 2. The van der Waals surface area contributed by atoms with Crippen LogP contribution in [0, 0.1) is 0 Å². The third kappa shape index (κ3) is 3.93. The quantitative estimate of drug-likeness (QED) is 0.622. The summed E-state index contributed by atoms with van der Waals surface area (Å²) in [4.78, 5) is 11.4. The Kier molecular flexibility index (Phi) is 4.35. The standard InChI is InChI=1S/C13H15N3O2/c17-13(6-5-12-4-1-11-18-12)14-7-2-9-16-10-3-8-15-16/h1,3-6,8,10-11H,2,7,9H2,(H,14,17)/b6-5+. The summed E-state index contributed by atoms with van der Waals surface area (Å²) in [5.74, 6) is 0.550. The maximum Gasteiger partial charge on any atom is 0.244 e. The van der Waals surface area contributed by atoms with Gasteiger partial charge in [0, 0.05) is 31.6 Å². The molecule has 2 rings (SSSR count). The van der Waals surface area contributed by atoms with E-state index in [9.17, 15) is 4.79 Å². The smallest absolute Gasteiger partial charge is 0.244 e. The Morgan fingerprint density at radius 3 is 3.17 bits per heavy atom. The van der Waals surface area contributed by atoms with Gasteiger partial charge in [0.15, 0.2) is 0 Å². The van der Waals surface area contributed by atoms with E-state index in [1.165, 1.54) is 6.08 Å². The summed E-state index contributed by atoms with van der Waals surface area (Å²) < 4.78 is 6.92. The predicted octanol–water partition coefficient (Wildman–Crippen LogP) is 1.70. The molecule has 5 heteroatoms. The predicted molar refractivity (Wildman–Crippen MR) is 67.6 cm³/mol. The molecule has 0 aliphatic rings. The van der Waals surface area contributed by atoms with Crippen LogP contribution in [-0.2, 0) is 11.3 Å². The van der Waals surface area contributed by atoms with E-state index in [1.807, 2.05) is 16.9 Å². The van der Waals surface area contributed by atoms with Crippen LogP contribution in [0.3, 0.4) is 0 Å². The Balaban J connectivity index is 1.63. The number of rotatable bonds is 6. The summed E-state index contributed by atoms with van der Waals surface area (Å²) in [6.07, 6.45) is 9.17. The number of nitrogens with zero attached hydrogens (tertiary/aromatic N) is 2. The van der Waals surface area contributed by atoms with Crippen molar-refractivity contribution in [2.45, 2.75) is 13.0 Å². The highest BCUT2D eigenvalue weighted by Gasteiger charge is 1.96. The number of carbonyl (C=O) groups excluding carboxylic acids is 1. The average Bonchev–Trinajstić information content (AvgIpc) is 3.04. The molecular weight excluding hydrogens is 230 g/mol. The van der Waals surface area contributed by atoms with E-state index in [2.05, 4.69) is 10.4 Å². The first-order valence-corrected chi connectivity index (χ1v) is 5.81. The Bertz CT molecular complexity index is 486. The van der Waals surface area contributed by atoms with Crippen LogP contribution in [0.1, 0.15) is 12.2 Å². The van der Waals surface area contributed by atoms with Crippen molar-refractivity contribution in [3.05, 3.63) is 48.7 Å². The summed E-state index contributed by atoms with van der Waals surface area (Å²) in [7, 11) is 0. The Labute approximate surface area is 105 Å². The van der Waals surface area contributed by atoms with Gasteiger partial charge in [0.2, 0.25) is 5.91 Å². The first-order valence-electron chi connectivity index (χ1n) is 5.81. The first kappa shape index (κ1) is 12.2. The number of nitrogens with one attached hydrogen (secondary N) is 1. The van der Waals surface area contributed by atoms with Crippen molar-refractivity contribution < 1.29 is 9.21 Å². The van der Waals surface area contributed by atoms with Crippen LogP contribution in [0.5, 0.6) is 0 Å². The molecule has 0 fully saturated rings. The van der Waals surface area contributed by atoms with Gasteiger partial charge in [-0.3, -0.25) is 9.48 Å². The maximum absolute atomic E-state index is 11.4. The van der Waals surface area contributed by atoms with Gasteiger partial charge < -0.3 is 9.73 Å². The van der Waals surface area contributed by atoms with Crippen LogP contribution in [0.2, 0.25) is 0 Å². The molecule has 5 nitrogen and oxygen atoms in total. The van der Waals surface area contributed by atoms with Gasteiger partial charge in [0.1, 0.15) is 5.76 Å². The maximum atomic E-state index is 11.4. The van der Waals surface area contributed by atoms with Gasteiger partial charge in [-0.1, -0.05) is 0 Å². The van der Waals surface area contributed by atoms with Gasteiger partial charge in [-0.25, -0.2) is 0 Å². The van der Waals surface area contributed by atoms with Gasteiger partial charge in [0.25, 0.3) is 0 Å². The lowest BCUT2D eigenvalue weighted by Crippen LogP contribution is -2.23. The summed E-state index contributed by atoms with van der Waals surface area (Å²) >= 11 is 0. The molecule has 2 heterocycles. The number of amides is 1. The highest BCUT2D eigenvalue weighted by Crippen LogP contribution is 2.01. The van der Waals surface area contributed by atoms with Crippen LogP contribution < -0.4 is 5.32 Å². The first-order chi connectivity index (χ1) is 8.84. The molecule has 0 aromatic carbocycles. The van der Waals surface area contributed by atoms with Crippen molar-refractivity contribution >= 4 is 12.0 Å². The van der Waals surface area contributed by atoms with Crippen molar-refractivity contribution in [3.63, 3.8) is 0 Å². The van der Waals surface area contributed by atoms with Crippen LogP contribution in [0.4, 0.5) is 0 Å². The third-order valence-electron chi connectivity index (χ3n) is 2.36. The van der Waals surface area contributed by atoms with Gasteiger partial charge in [-0.15, -0.1) is 0 Å². The molecule has 1 amide bonds. The van der Waals surface area contributed by atoms with E-state index in [0.29, 0.717) is 12.3 Å². The van der Waals surface area contributed by atoms with Crippen molar-refractivity contribution in [2.24, 2.45) is 0 Å². The normalized spacial score (nSPS) is 10.9. The van der Waals surface area contributed by atoms with Crippen LogP contribution >= 0.6 is 0 Å². The number of aryl methyl sites for hydroxylation is 1. The highest BCUT2D eigenvalue weighted by atomic mass is 16.3. The zero-order chi connectivity index (χ0) is 12.6. The van der Waals surface area contributed by atoms with E-state index >= 15 is 0 Å². The molecule has 0 saturated carbocycles. The minimum Gasteiger partial charge on any atom is -0.465 e. The zero-order valence-corrected chi connectivity index (χ0v) is 9.95. The Morgan fingerprint density at radius 2 is 2.44 bits per heavy atom. The molecule has 0 unspecified atom stereocenters. The fourth-order valence-electron chi connectivity index (χ4n) is 1.49. The molecule has 0 spiro atoms. The second kappa shape index (κ2) is 6.44. The van der Waals surface area contributed by atoms with E-state index in [0.717, 1.165) is 13.0 Å². The largest absolute Gasteiger partial charge is 0.465 e. The lowest BCUT2D eigenvalue weighted by atomic mass is 10.3. The topological polar surface area (TPSA) is 60.1 Å². The van der Waals surface area contributed by atoms with E-state index < -0.39 is 0 Å². The highest BCUT2D eigenvalue weighted by molar-refractivity contribution is 5.91. The summed E-state index contributed by atoms with van der Waals surface area (Å²) in [5.41, 5.74) is 0. The van der Waals surface area contributed by atoms with E-state index in [1.54, 1.807) is 30.7 Å². The van der Waals surface area contributed by atoms with Crippen molar-refractivity contribution in [1.29, 1.82) is 0 Å². The fraction of sp³-hybridized carbons (Fsp3) is 0.231. The number of hydrogen-bond donors (Lipinski definition) is 1. The number of carbonyl (C=O) groups is 1. The fourth-order valence-corrected chi connectivity index (χ4v) is 1.49. The lowest BCUT2D eigenvalue weighted by molar-refractivity contribution is -0.116. The molecule has 94 valence electrons. The SMILES string of the molecule is O=C(/C=C/c1ccco1)NCCCn1cccn1. The molecule has 2 aromatic rings. The third-order valence-corrected chi connectivity index (χ3v) is 2.36. The molecule has 0 radical (unpaired) electrons. The van der Waals surface area contributed by atoms with Crippen molar-refractivity contribution in [2.75, 3.05) is 6.54 Å². The molecule has 1 N–H and O–H groups in total. The van der Waals surface area contributed by atoms with Gasteiger partial charge in [-0.05, 0) is 30.7 Å². The zero-order valence-electron chi connectivity index (χ0n) is 9.95. The minimum atomic E-state index is -0.119. The van der Waals surface area contributed by atoms with E-state index in [-0.39, 0.29) is 5.91 Å². The second-order valence-electron chi connectivity index (χ2n) is 3.76. The molecule has 0 atom stereocenters. The number of furan rings is 1. The van der Waals surface area contributed by atoms with Crippen molar-refractivity contribution in [1.82, 2.24) is 15.1 Å². The van der Waals surface area contributed by atoms with Crippen LogP contribution in [-0.4, -0.2) is 22.2 Å². The van der Waals surface area contributed by atoms with E-state index in [4.69, 9.17) is 4.42 Å². The summed E-state index contributed by atoms with van der Waals surface area (Å²) in [5, 5.41) is 6.88. The van der Waals surface area contributed by atoms with Gasteiger partial charge in [-0.2, -0.15) is 5.10 Å². The summed E-state index contributed by atoms with van der Waals surface area (Å²) in [6.45, 7) is 1.43. The molecule has 0 aliphatic heterocycles. The monoisotopic (exact) mass is 245 g/mol. The molecule has 18 heavy (non-hydrogen) atoms. The van der Waals surface area contributed by atoms with Crippen LogP contribution in [0.15, 0.2) is 47.3 Å².